The van der Waals surface area contributed by atoms with Crippen molar-refractivity contribution < 1.29 is 18.3 Å². The van der Waals surface area contributed by atoms with Crippen molar-refractivity contribution in [3.8, 4) is 0 Å². The molecule has 0 radical (unpaired) electrons. The molecule has 1 aromatic heterocycles. The lowest BCUT2D eigenvalue weighted by Gasteiger charge is -2.37. The predicted molar refractivity (Wildman–Crippen MR) is 74.2 cm³/mol. The van der Waals surface area contributed by atoms with E-state index in [2.05, 4.69) is 31.9 Å². The van der Waals surface area contributed by atoms with Gasteiger partial charge in [-0.15, -0.1) is 11.3 Å². The zero-order chi connectivity index (χ0) is 13.5. The number of aliphatic carboxylic acids is 1. The lowest BCUT2D eigenvalue weighted by atomic mass is 10.00. The molecule has 1 aromatic rings. The molecular formula is C9H9Br2NO4S2. The highest BCUT2D eigenvalue weighted by atomic mass is 79.9. The average Bonchev–Trinajstić information content (AvgIpc) is 2.51. The van der Waals surface area contributed by atoms with Crippen LogP contribution in [-0.4, -0.2) is 36.9 Å². The Morgan fingerprint density at radius 2 is 2.11 bits per heavy atom. The van der Waals surface area contributed by atoms with Crippen LogP contribution in [0.4, 0.5) is 0 Å². The van der Waals surface area contributed by atoms with Crippen LogP contribution in [0.5, 0.6) is 0 Å². The highest BCUT2D eigenvalue weighted by Crippen LogP contribution is 2.38. The van der Waals surface area contributed by atoms with Gasteiger partial charge >= 0.3 is 5.97 Å². The van der Waals surface area contributed by atoms with Crippen molar-refractivity contribution in [1.29, 1.82) is 0 Å². The summed E-state index contributed by atoms with van der Waals surface area (Å²) < 4.78 is 27.0. The second-order valence-electron chi connectivity index (χ2n) is 3.97. The van der Waals surface area contributed by atoms with E-state index in [1.165, 1.54) is 15.6 Å². The van der Waals surface area contributed by atoms with Crippen LogP contribution in [-0.2, 0) is 14.8 Å². The van der Waals surface area contributed by atoms with Gasteiger partial charge in [0.05, 0.1) is 14.0 Å². The molecule has 0 saturated carbocycles. The van der Waals surface area contributed by atoms with Crippen LogP contribution >= 0.6 is 43.2 Å². The SMILES string of the molecule is O=C(O)CC1CN(S(=O)(=O)c2cc(Br)sc2Br)C1. The normalized spacial score (nSPS) is 17.7. The molecule has 100 valence electrons. The number of carboxylic acid groups (broad SMARTS) is 1. The molecule has 0 amide bonds. The average molecular weight is 419 g/mol. The number of carbonyl (C=O) groups is 1. The highest BCUT2D eigenvalue weighted by Gasteiger charge is 2.38. The van der Waals surface area contributed by atoms with E-state index in [1.807, 2.05) is 0 Å². The van der Waals surface area contributed by atoms with Crippen molar-refractivity contribution in [3.05, 3.63) is 13.6 Å². The van der Waals surface area contributed by atoms with E-state index >= 15 is 0 Å². The Balaban J connectivity index is 2.11. The van der Waals surface area contributed by atoms with Gasteiger partial charge in [0, 0.05) is 13.1 Å². The van der Waals surface area contributed by atoms with Crippen LogP contribution in [0.25, 0.3) is 0 Å². The molecule has 1 N–H and O–H groups in total. The van der Waals surface area contributed by atoms with Crippen LogP contribution in [0, 0.1) is 5.92 Å². The van der Waals surface area contributed by atoms with Gasteiger partial charge in [0.1, 0.15) is 4.90 Å². The first-order valence-corrected chi connectivity index (χ1v) is 8.81. The summed E-state index contributed by atoms with van der Waals surface area (Å²) in [7, 11) is -3.51. The molecule has 1 aliphatic heterocycles. The summed E-state index contributed by atoms with van der Waals surface area (Å²) in [5, 5.41) is 8.62. The zero-order valence-electron chi connectivity index (χ0n) is 8.97. The summed E-state index contributed by atoms with van der Waals surface area (Å²) in [5.41, 5.74) is 0. The Morgan fingerprint density at radius 1 is 1.50 bits per heavy atom. The minimum absolute atomic E-state index is 0.0144. The van der Waals surface area contributed by atoms with Gasteiger partial charge in [-0.2, -0.15) is 4.31 Å². The van der Waals surface area contributed by atoms with Crippen molar-refractivity contribution in [2.45, 2.75) is 11.3 Å². The van der Waals surface area contributed by atoms with E-state index in [0.29, 0.717) is 3.79 Å². The largest absolute Gasteiger partial charge is 0.481 e. The van der Waals surface area contributed by atoms with Gasteiger partial charge in [-0.25, -0.2) is 8.42 Å². The van der Waals surface area contributed by atoms with Crippen LogP contribution < -0.4 is 0 Å². The molecule has 18 heavy (non-hydrogen) atoms. The molecule has 1 aliphatic rings. The first-order chi connectivity index (χ1) is 8.30. The number of hydrogen-bond acceptors (Lipinski definition) is 4. The first kappa shape index (κ1) is 14.4. The Hall–Kier alpha value is 0.0400. The smallest absolute Gasteiger partial charge is 0.303 e. The molecule has 1 fully saturated rings. The van der Waals surface area contributed by atoms with Crippen LogP contribution in [0.2, 0.25) is 0 Å². The monoisotopic (exact) mass is 417 g/mol. The van der Waals surface area contributed by atoms with E-state index < -0.39 is 16.0 Å². The van der Waals surface area contributed by atoms with Gasteiger partial charge in [-0.05, 0) is 43.8 Å². The zero-order valence-corrected chi connectivity index (χ0v) is 13.8. The van der Waals surface area contributed by atoms with Crippen molar-refractivity contribution >= 4 is 59.2 Å². The molecule has 1 saturated heterocycles. The van der Waals surface area contributed by atoms with E-state index in [1.54, 1.807) is 6.07 Å². The molecule has 5 nitrogen and oxygen atoms in total. The standard InChI is InChI=1S/C9H9Br2NO4S2/c10-7-2-6(9(11)17-7)18(15,16)12-3-5(4-12)1-8(13)14/h2,5H,1,3-4H2,(H,13,14). The number of nitrogens with zero attached hydrogens (tertiary/aromatic N) is 1. The van der Waals surface area contributed by atoms with Gasteiger partial charge in [0.15, 0.2) is 0 Å². The minimum Gasteiger partial charge on any atom is -0.481 e. The Labute approximate surface area is 125 Å². The third kappa shape index (κ3) is 2.79. The number of hydrogen-bond donors (Lipinski definition) is 1. The van der Waals surface area contributed by atoms with Crippen LogP contribution in [0.3, 0.4) is 0 Å². The molecule has 0 unspecified atom stereocenters. The quantitative estimate of drug-likeness (QED) is 0.814. The van der Waals surface area contributed by atoms with Gasteiger partial charge < -0.3 is 5.11 Å². The number of sulfonamides is 1. The van der Waals surface area contributed by atoms with Crippen molar-refractivity contribution in [1.82, 2.24) is 4.31 Å². The van der Waals surface area contributed by atoms with Crippen molar-refractivity contribution in [3.63, 3.8) is 0 Å². The second kappa shape index (κ2) is 5.20. The molecule has 0 aliphatic carbocycles. The maximum atomic E-state index is 12.2. The maximum Gasteiger partial charge on any atom is 0.303 e. The fourth-order valence-corrected chi connectivity index (χ4v) is 7.09. The molecular weight excluding hydrogens is 410 g/mol. The maximum absolute atomic E-state index is 12.2. The van der Waals surface area contributed by atoms with E-state index in [4.69, 9.17) is 5.11 Å². The van der Waals surface area contributed by atoms with Crippen molar-refractivity contribution in [2.24, 2.45) is 5.92 Å². The number of halogens is 2. The van der Waals surface area contributed by atoms with Gasteiger partial charge in [-0.1, -0.05) is 0 Å². The molecule has 0 aromatic carbocycles. The Bertz CT molecular complexity index is 577. The Kier molecular flexibility index (Phi) is 4.17. The molecule has 9 heteroatoms. The topological polar surface area (TPSA) is 74.7 Å². The second-order valence-corrected chi connectivity index (χ2v) is 9.63. The van der Waals surface area contributed by atoms with Crippen LogP contribution in [0.1, 0.15) is 6.42 Å². The van der Waals surface area contributed by atoms with E-state index in [9.17, 15) is 13.2 Å². The third-order valence-corrected chi connectivity index (χ3v) is 7.22. The molecule has 2 rings (SSSR count). The summed E-state index contributed by atoms with van der Waals surface area (Å²) in [6.07, 6.45) is 0.0144. The lowest BCUT2D eigenvalue weighted by molar-refractivity contribution is -0.139. The predicted octanol–water partition coefficient (Wildman–Crippen LogP) is 2.37. The third-order valence-electron chi connectivity index (χ3n) is 2.63. The summed E-state index contributed by atoms with van der Waals surface area (Å²) >= 11 is 7.75. The number of rotatable bonds is 4. The fourth-order valence-electron chi connectivity index (χ4n) is 1.73. The van der Waals surface area contributed by atoms with Gasteiger partial charge in [0.25, 0.3) is 0 Å². The summed E-state index contributed by atoms with van der Waals surface area (Å²) in [5.74, 6) is -0.977. The highest BCUT2D eigenvalue weighted by molar-refractivity contribution is 9.12. The van der Waals surface area contributed by atoms with Crippen molar-refractivity contribution in [2.75, 3.05) is 13.1 Å². The Morgan fingerprint density at radius 3 is 2.56 bits per heavy atom. The number of carboxylic acids is 1. The molecule has 0 bridgehead atoms. The summed E-state index contributed by atoms with van der Waals surface area (Å²) in [6, 6.07) is 1.55. The molecule has 2 heterocycles. The van der Waals surface area contributed by atoms with Gasteiger partial charge in [0.2, 0.25) is 10.0 Å². The lowest BCUT2D eigenvalue weighted by Crippen LogP contribution is -2.50. The van der Waals surface area contributed by atoms with Crippen LogP contribution in [0.15, 0.2) is 18.5 Å². The minimum atomic E-state index is -3.51. The molecule has 0 atom stereocenters. The van der Waals surface area contributed by atoms with E-state index in [0.717, 1.165) is 3.79 Å². The summed E-state index contributed by atoms with van der Waals surface area (Å²) in [4.78, 5) is 10.7. The molecule has 0 spiro atoms. The fraction of sp³-hybridized carbons (Fsp3) is 0.444. The van der Waals surface area contributed by atoms with E-state index in [-0.39, 0.29) is 30.3 Å². The number of thiophene rings is 1. The first-order valence-electron chi connectivity index (χ1n) is 4.97. The summed E-state index contributed by atoms with van der Waals surface area (Å²) in [6.45, 7) is 0.545. The van der Waals surface area contributed by atoms with Gasteiger partial charge in [-0.3, -0.25) is 4.79 Å².